The van der Waals surface area contributed by atoms with Gasteiger partial charge >= 0.3 is 5.97 Å². The van der Waals surface area contributed by atoms with Crippen LogP contribution in [0.15, 0.2) is 40.7 Å². The highest BCUT2D eigenvalue weighted by Crippen LogP contribution is 2.32. The fourth-order valence-electron chi connectivity index (χ4n) is 3.08. The first-order chi connectivity index (χ1) is 14.2. The van der Waals surface area contributed by atoms with Crippen LogP contribution in [0.4, 0.5) is 8.78 Å². The Kier molecular flexibility index (Phi) is 6.96. The molecule has 2 atom stereocenters. The maximum absolute atomic E-state index is 14.6. The topological polar surface area (TPSA) is 89.3 Å². The smallest absolute Gasteiger partial charge is 0.348 e. The van der Waals surface area contributed by atoms with Crippen molar-refractivity contribution in [1.82, 2.24) is 20.1 Å². The molecule has 0 saturated carbocycles. The highest BCUT2D eigenvalue weighted by Gasteiger charge is 2.39. The molecule has 2 aromatic heterocycles. The fourth-order valence-corrected chi connectivity index (χ4v) is 4.67. The van der Waals surface area contributed by atoms with Crippen LogP contribution in [0.3, 0.4) is 0 Å². The number of benzene rings is 1. The van der Waals surface area contributed by atoms with E-state index in [1.54, 1.807) is 13.0 Å². The SMILES string of the molecule is COC(=O)c1sc(Br)cc1CN[C@H](C)[C@](O)(Cn1cncn1)c1ccc(F)cc1F. The van der Waals surface area contributed by atoms with Gasteiger partial charge in [0.1, 0.15) is 34.8 Å². The third kappa shape index (κ3) is 4.75. The Hall–Kier alpha value is -2.21. The molecule has 11 heteroatoms. The van der Waals surface area contributed by atoms with Gasteiger partial charge in [0.05, 0.1) is 17.4 Å². The van der Waals surface area contributed by atoms with Crippen molar-refractivity contribution < 1.29 is 23.4 Å². The highest BCUT2D eigenvalue weighted by molar-refractivity contribution is 9.11. The van der Waals surface area contributed by atoms with Gasteiger partial charge in [0.15, 0.2) is 0 Å². The van der Waals surface area contributed by atoms with Crippen LogP contribution in [0.5, 0.6) is 0 Å². The Morgan fingerprint density at radius 3 is 2.83 bits per heavy atom. The maximum atomic E-state index is 14.6. The zero-order valence-electron chi connectivity index (χ0n) is 16.1. The van der Waals surface area contributed by atoms with Gasteiger partial charge in [-0.05, 0) is 40.5 Å². The number of thiophene rings is 1. The number of nitrogens with one attached hydrogen (secondary N) is 1. The molecule has 2 N–H and O–H groups in total. The zero-order valence-corrected chi connectivity index (χ0v) is 18.5. The highest BCUT2D eigenvalue weighted by atomic mass is 79.9. The van der Waals surface area contributed by atoms with Crippen molar-refractivity contribution in [2.45, 2.75) is 31.7 Å². The Bertz CT molecular complexity index is 1030. The number of hydrogen-bond donors (Lipinski definition) is 2. The van der Waals surface area contributed by atoms with Crippen molar-refractivity contribution in [2.24, 2.45) is 0 Å². The van der Waals surface area contributed by atoms with E-state index in [4.69, 9.17) is 4.74 Å². The second kappa shape index (κ2) is 9.29. The number of nitrogens with zero attached hydrogens (tertiary/aromatic N) is 3. The predicted octanol–water partition coefficient (Wildman–Crippen LogP) is 3.23. The van der Waals surface area contributed by atoms with E-state index in [-0.39, 0.29) is 18.7 Å². The molecule has 160 valence electrons. The Labute approximate surface area is 183 Å². The third-order valence-corrected chi connectivity index (χ3v) is 6.39. The third-order valence-electron chi connectivity index (χ3n) is 4.73. The average Bonchev–Trinajstić information content (AvgIpc) is 3.34. The molecule has 0 bridgehead atoms. The van der Waals surface area contributed by atoms with Gasteiger partial charge < -0.3 is 15.2 Å². The van der Waals surface area contributed by atoms with Gasteiger partial charge in [-0.2, -0.15) is 5.10 Å². The molecular weight excluding hydrogens is 482 g/mol. The lowest BCUT2D eigenvalue weighted by molar-refractivity contribution is -0.0206. The number of halogens is 3. The second-order valence-electron chi connectivity index (χ2n) is 6.64. The number of methoxy groups -OCH3 is 1. The van der Waals surface area contributed by atoms with Gasteiger partial charge in [0, 0.05) is 24.2 Å². The van der Waals surface area contributed by atoms with Gasteiger partial charge in [-0.3, -0.25) is 0 Å². The van der Waals surface area contributed by atoms with Crippen LogP contribution in [-0.4, -0.2) is 39.0 Å². The molecule has 2 heterocycles. The quantitative estimate of drug-likeness (QED) is 0.461. The molecule has 3 rings (SSSR count). The summed E-state index contributed by atoms with van der Waals surface area (Å²) in [7, 11) is 1.30. The number of aliphatic hydroxyl groups is 1. The Balaban J connectivity index is 1.89. The lowest BCUT2D eigenvalue weighted by Crippen LogP contribution is -2.50. The first-order valence-electron chi connectivity index (χ1n) is 8.85. The van der Waals surface area contributed by atoms with Crippen molar-refractivity contribution in [3.05, 3.63) is 68.3 Å². The van der Waals surface area contributed by atoms with Gasteiger partial charge in [-0.25, -0.2) is 23.2 Å². The van der Waals surface area contributed by atoms with Crippen LogP contribution in [0, 0.1) is 11.6 Å². The summed E-state index contributed by atoms with van der Waals surface area (Å²) in [6.07, 6.45) is 2.69. The van der Waals surface area contributed by atoms with E-state index in [9.17, 15) is 18.7 Å². The molecule has 0 aliphatic rings. The average molecular weight is 501 g/mol. The minimum atomic E-state index is -1.79. The van der Waals surface area contributed by atoms with Crippen molar-refractivity contribution in [2.75, 3.05) is 7.11 Å². The normalized spacial score (nSPS) is 14.3. The van der Waals surface area contributed by atoms with E-state index in [2.05, 4.69) is 31.3 Å². The van der Waals surface area contributed by atoms with E-state index in [1.165, 1.54) is 41.8 Å². The van der Waals surface area contributed by atoms with E-state index in [1.807, 2.05) is 0 Å². The molecule has 0 aliphatic carbocycles. The number of aromatic nitrogens is 3. The van der Waals surface area contributed by atoms with Crippen molar-refractivity contribution in [3.8, 4) is 0 Å². The molecule has 0 spiro atoms. The van der Waals surface area contributed by atoms with Crippen molar-refractivity contribution in [3.63, 3.8) is 0 Å². The van der Waals surface area contributed by atoms with Crippen molar-refractivity contribution in [1.29, 1.82) is 0 Å². The summed E-state index contributed by atoms with van der Waals surface area (Å²) >= 11 is 4.58. The number of carbonyl (C=O) groups excluding carboxylic acids is 1. The van der Waals surface area contributed by atoms with E-state index >= 15 is 0 Å². The van der Waals surface area contributed by atoms with Gasteiger partial charge in [0.25, 0.3) is 0 Å². The molecule has 0 aliphatic heterocycles. The molecule has 1 aromatic carbocycles. The molecule has 0 fully saturated rings. The van der Waals surface area contributed by atoms with Crippen LogP contribution in [0.25, 0.3) is 0 Å². The zero-order chi connectivity index (χ0) is 21.9. The molecule has 0 unspecified atom stereocenters. The molecule has 7 nitrogen and oxygen atoms in total. The van der Waals surface area contributed by atoms with Crippen LogP contribution in [-0.2, 0) is 23.4 Å². The minimum Gasteiger partial charge on any atom is -0.465 e. The molecule has 0 saturated heterocycles. The summed E-state index contributed by atoms with van der Waals surface area (Å²) in [6, 6.07) is 4.07. The van der Waals surface area contributed by atoms with E-state index in [0.717, 1.165) is 15.9 Å². The first kappa shape index (κ1) is 22.5. The summed E-state index contributed by atoms with van der Waals surface area (Å²) in [6.45, 7) is 1.75. The van der Waals surface area contributed by atoms with Crippen LogP contribution >= 0.6 is 27.3 Å². The monoisotopic (exact) mass is 500 g/mol. The molecule has 0 amide bonds. The summed E-state index contributed by atoms with van der Waals surface area (Å²) in [5.41, 5.74) is -1.21. The fraction of sp³-hybridized carbons (Fsp3) is 0.316. The second-order valence-corrected chi connectivity index (χ2v) is 9.07. The summed E-state index contributed by atoms with van der Waals surface area (Å²) in [5.74, 6) is -2.09. The number of ether oxygens (including phenoxy) is 1. The number of carbonyl (C=O) groups is 1. The molecular formula is C19H19BrF2N4O3S. The number of hydrogen-bond acceptors (Lipinski definition) is 7. The lowest BCUT2D eigenvalue weighted by atomic mass is 9.86. The first-order valence-corrected chi connectivity index (χ1v) is 10.5. The van der Waals surface area contributed by atoms with Crippen molar-refractivity contribution >= 4 is 33.2 Å². The standard InChI is InChI=1S/C19H19BrF2N4O3S/c1-11(24-7-12-5-16(20)30-17(12)18(27)29-2)19(28,8-26-10-23-9-25-26)14-4-3-13(21)6-15(14)22/h3-6,9-11,24,28H,7-8H2,1-2H3/t11-,19-/m1/s1. The summed E-state index contributed by atoms with van der Waals surface area (Å²) in [5, 5.41) is 18.6. The van der Waals surface area contributed by atoms with Crippen LogP contribution < -0.4 is 5.32 Å². The van der Waals surface area contributed by atoms with E-state index < -0.39 is 29.2 Å². The van der Waals surface area contributed by atoms with Crippen LogP contribution in [0.1, 0.15) is 27.7 Å². The van der Waals surface area contributed by atoms with Gasteiger partial charge in [-0.15, -0.1) is 11.3 Å². The van der Waals surface area contributed by atoms with Gasteiger partial charge in [-0.1, -0.05) is 6.07 Å². The molecule has 3 aromatic rings. The van der Waals surface area contributed by atoms with E-state index in [0.29, 0.717) is 10.4 Å². The van der Waals surface area contributed by atoms with Gasteiger partial charge in [0.2, 0.25) is 0 Å². The predicted molar refractivity (Wildman–Crippen MR) is 110 cm³/mol. The minimum absolute atomic E-state index is 0.0842. The maximum Gasteiger partial charge on any atom is 0.348 e. The van der Waals surface area contributed by atoms with Crippen LogP contribution in [0.2, 0.25) is 0 Å². The summed E-state index contributed by atoms with van der Waals surface area (Å²) < 4.78 is 34.9. The largest absolute Gasteiger partial charge is 0.465 e. The lowest BCUT2D eigenvalue weighted by Gasteiger charge is -2.35. The Morgan fingerprint density at radius 2 is 2.20 bits per heavy atom. The number of esters is 1. The summed E-state index contributed by atoms with van der Waals surface area (Å²) in [4.78, 5) is 16.2. The number of rotatable bonds is 8. The molecule has 30 heavy (non-hydrogen) atoms. The Morgan fingerprint density at radius 1 is 1.43 bits per heavy atom. The molecule has 0 radical (unpaired) electrons.